The molecule has 0 aliphatic carbocycles. The van der Waals surface area contributed by atoms with E-state index in [1.807, 2.05) is 24.4 Å². The molecule has 0 fully saturated rings. The van der Waals surface area contributed by atoms with Crippen LogP contribution in [0.2, 0.25) is 0 Å². The van der Waals surface area contributed by atoms with Gasteiger partial charge in [0.15, 0.2) is 0 Å². The molecule has 102 valence electrons. The molecule has 0 aromatic carbocycles. The summed E-state index contributed by atoms with van der Waals surface area (Å²) in [4.78, 5) is 6.66. The number of allylic oxidation sites excluding steroid dienone is 4. The van der Waals surface area contributed by atoms with Gasteiger partial charge in [0.1, 0.15) is 0 Å². The fourth-order valence-corrected chi connectivity index (χ4v) is 1.98. The Labute approximate surface area is 117 Å². The van der Waals surface area contributed by atoms with Crippen LogP contribution in [0.3, 0.4) is 0 Å². The Morgan fingerprint density at radius 3 is 2.84 bits per heavy atom. The second-order valence-electron chi connectivity index (χ2n) is 4.69. The van der Waals surface area contributed by atoms with E-state index in [1.54, 1.807) is 6.08 Å². The van der Waals surface area contributed by atoms with Crippen molar-refractivity contribution >= 4 is 0 Å². The number of aromatic nitrogens is 1. The average Bonchev–Trinajstić information content (AvgIpc) is 2.40. The Morgan fingerprint density at radius 2 is 2.21 bits per heavy atom. The summed E-state index contributed by atoms with van der Waals surface area (Å²) in [6.45, 7) is 7.76. The van der Waals surface area contributed by atoms with Crippen LogP contribution in [-0.4, -0.2) is 23.5 Å². The number of likely N-dealkylation sites (N-methyl/N-ethyl adjacent to an activating group) is 1. The molecule has 1 aromatic heterocycles. The van der Waals surface area contributed by atoms with Crippen molar-refractivity contribution in [3.05, 3.63) is 66.5 Å². The topological polar surface area (TPSA) is 16.1 Å². The van der Waals surface area contributed by atoms with Crippen molar-refractivity contribution in [1.82, 2.24) is 9.88 Å². The Balaban J connectivity index is 2.55. The molecule has 2 nitrogen and oxygen atoms in total. The Bertz CT molecular complexity index is 418. The SMILES string of the molecule is C=CC=CC=C(CCC)CN(C)Cc1ccccn1. The number of pyridine rings is 1. The highest BCUT2D eigenvalue weighted by Gasteiger charge is 2.03. The number of hydrogen-bond donors (Lipinski definition) is 0. The average molecular weight is 256 g/mol. The molecular formula is C17H24N2. The molecule has 0 aliphatic rings. The van der Waals surface area contributed by atoms with Crippen molar-refractivity contribution in [1.29, 1.82) is 0 Å². The molecule has 1 aromatic rings. The molecule has 1 heterocycles. The van der Waals surface area contributed by atoms with Crippen LogP contribution in [0.15, 0.2) is 60.9 Å². The third-order valence-electron chi connectivity index (χ3n) is 2.78. The second kappa shape index (κ2) is 9.29. The quantitative estimate of drug-likeness (QED) is 0.654. The van der Waals surface area contributed by atoms with Gasteiger partial charge < -0.3 is 0 Å². The van der Waals surface area contributed by atoms with E-state index in [4.69, 9.17) is 0 Å². The molecule has 1 rings (SSSR count). The first-order valence-corrected chi connectivity index (χ1v) is 6.81. The zero-order chi connectivity index (χ0) is 13.9. The normalized spacial score (nSPS) is 12.3. The predicted octanol–water partition coefficient (Wildman–Crippen LogP) is 3.98. The lowest BCUT2D eigenvalue weighted by Gasteiger charge is -2.18. The van der Waals surface area contributed by atoms with Crippen LogP contribution >= 0.6 is 0 Å². The van der Waals surface area contributed by atoms with Gasteiger partial charge >= 0.3 is 0 Å². The number of rotatable bonds is 8. The van der Waals surface area contributed by atoms with Gasteiger partial charge in [-0.3, -0.25) is 9.88 Å². The van der Waals surface area contributed by atoms with Crippen LogP contribution in [0.4, 0.5) is 0 Å². The van der Waals surface area contributed by atoms with E-state index in [1.165, 1.54) is 12.0 Å². The van der Waals surface area contributed by atoms with E-state index in [9.17, 15) is 0 Å². The molecule has 0 aliphatic heterocycles. The van der Waals surface area contributed by atoms with Crippen LogP contribution < -0.4 is 0 Å². The van der Waals surface area contributed by atoms with Gasteiger partial charge in [-0.2, -0.15) is 0 Å². The summed E-state index contributed by atoms with van der Waals surface area (Å²) in [6.07, 6.45) is 12.2. The van der Waals surface area contributed by atoms with Crippen molar-refractivity contribution < 1.29 is 0 Å². The smallest absolute Gasteiger partial charge is 0.0543 e. The second-order valence-corrected chi connectivity index (χ2v) is 4.69. The highest BCUT2D eigenvalue weighted by molar-refractivity contribution is 5.17. The van der Waals surface area contributed by atoms with Crippen LogP contribution in [-0.2, 0) is 6.54 Å². The van der Waals surface area contributed by atoms with Crippen LogP contribution in [0.1, 0.15) is 25.5 Å². The van der Waals surface area contributed by atoms with Crippen LogP contribution in [0.25, 0.3) is 0 Å². The van der Waals surface area contributed by atoms with Gasteiger partial charge in [0.05, 0.1) is 5.69 Å². The van der Waals surface area contributed by atoms with Gasteiger partial charge in [-0.1, -0.05) is 55.9 Å². The largest absolute Gasteiger partial charge is 0.297 e. The third-order valence-corrected chi connectivity index (χ3v) is 2.78. The Kier molecular flexibility index (Phi) is 7.52. The predicted molar refractivity (Wildman–Crippen MR) is 82.9 cm³/mol. The molecule has 0 bridgehead atoms. The van der Waals surface area contributed by atoms with E-state index < -0.39 is 0 Å². The minimum atomic E-state index is 0.882. The molecule has 0 radical (unpaired) electrons. The lowest BCUT2D eigenvalue weighted by Crippen LogP contribution is -2.21. The minimum Gasteiger partial charge on any atom is -0.297 e. The lowest BCUT2D eigenvalue weighted by atomic mass is 10.1. The van der Waals surface area contributed by atoms with Crippen molar-refractivity contribution in [2.75, 3.05) is 13.6 Å². The molecule has 0 saturated carbocycles. The summed E-state index contributed by atoms with van der Waals surface area (Å²) in [5.41, 5.74) is 2.56. The van der Waals surface area contributed by atoms with Crippen molar-refractivity contribution in [2.24, 2.45) is 0 Å². The van der Waals surface area contributed by atoms with E-state index in [0.29, 0.717) is 0 Å². The summed E-state index contributed by atoms with van der Waals surface area (Å²) in [5.74, 6) is 0. The van der Waals surface area contributed by atoms with Gasteiger partial charge in [-0.05, 0) is 25.6 Å². The van der Waals surface area contributed by atoms with Crippen molar-refractivity contribution in [3.63, 3.8) is 0 Å². The van der Waals surface area contributed by atoms with E-state index in [2.05, 4.69) is 48.7 Å². The molecule has 0 N–H and O–H groups in total. The van der Waals surface area contributed by atoms with Crippen LogP contribution in [0.5, 0.6) is 0 Å². The van der Waals surface area contributed by atoms with Gasteiger partial charge in [-0.15, -0.1) is 0 Å². The molecular weight excluding hydrogens is 232 g/mol. The third kappa shape index (κ3) is 6.73. The summed E-state index contributed by atoms with van der Waals surface area (Å²) in [6, 6.07) is 6.05. The molecule has 0 saturated heterocycles. The Hall–Kier alpha value is -1.67. The fraction of sp³-hybridized carbons (Fsp3) is 0.353. The molecule has 0 atom stereocenters. The summed E-state index contributed by atoms with van der Waals surface area (Å²) < 4.78 is 0. The zero-order valence-electron chi connectivity index (χ0n) is 12.0. The van der Waals surface area contributed by atoms with Gasteiger partial charge in [-0.25, -0.2) is 0 Å². The summed E-state index contributed by atoms with van der Waals surface area (Å²) in [5, 5.41) is 0. The van der Waals surface area contributed by atoms with Crippen molar-refractivity contribution in [2.45, 2.75) is 26.3 Å². The van der Waals surface area contributed by atoms with Gasteiger partial charge in [0.25, 0.3) is 0 Å². The van der Waals surface area contributed by atoms with Gasteiger partial charge in [0.2, 0.25) is 0 Å². The standard InChI is InChI=1S/C17H24N2/c1-4-6-7-11-16(10-5-2)14-19(3)15-17-12-8-9-13-18-17/h4,6-9,11-13H,1,5,10,14-15H2,2-3H3. The van der Waals surface area contributed by atoms with E-state index in [0.717, 1.165) is 25.2 Å². The number of nitrogens with zero attached hydrogens (tertiary/aromatic N) is 2. The first kappa shape index (κ1) is 15.4. The lowest BCUT2D eigenvalue weighted by molar-refractivity contribution is 0.346. The molecule has 0 amide bonds. The van der Waals surface area contributed by atoms with Gasteiger partial charge in [0, 0.05) is 19.3 Å². The number of hydrogen-bond acceptors (Lipinski definition) is 2. The molecule has 0 spiro atoms. The zero-order valence-corrected chi connectivity index (χ0v) is 12.0. The van der Waals surface area contributed by atoms with E-state index in [-0.39, 0.29) is 0 Å². The monoisotopic (exact) mass is 256 g/mol. The minimum absolute atomic E-state index is 0.882. The molecule has 0 unspecified atom stereocenters. The molecule has 2 heteroatoms. The fourth-order valence-electron chi connectivity index (χ4n) is 1.98. The first-order chi connectivity index (χ1) is 9.26. The highest BCUT2D eigenvalue weighted by Crippen LogP contribution is 2.09. The summed E-state index contributed by atoms with van der Waals surface area (Å²) in [7, 11) is 2.13. The highest BCUT2D eigenvalue weighted by atomic mass is 15.1. The Morgan fingerprint density at radius 1 is 1.37 bits per heavy atom. The molecule has 19 heavy (non-hydrogen) atoms. The maximum atomic E-state index is 4.36. The summed E-state index contributed by atoms with van der Waals surface area (Å²) >= 11 is 0. The first-order valence-electron chi connectivity index (χ1n) is 6.81. The maximum Gasteiger partial charge on any atom is 0.0543 e. The maximum absolute atomic E-state index is 4.36. The van der Waals surface area contributed by atoms with Crippen molar-refractivity contribution in [3.8, 4) is 0 Å². The van der Waals surface area contributed by atoms with E-state index >= 15 is 0 Å². The van der Waals surface area contributed by atoms with Crippen LogP contribution in [0, 0.1) is 0 Å².